The number of rotatable bonds is 6. The van der Waals surface area contributed by atoms with Gasteiger partial charge in [0, 0.05) is 11.3 Å². The van der Waals surface area contributed by atoms with Gasteiger partial charge >= 0.3 is 11.9 Å². The van der Waals surface area contributed by atoms with Crippen LogP contribution >= 0.6 is 0 Å². The third kappa shape index (κ3) is 3.96. The third-order valence-corrected chi connectivity index (χ3v) is 3.70. The third-order valence-electron chi connectivity index (χ3n) is 3.70. The minimum Gasteiger partial charge on any atom is -0.462 e. The zero-order valence-electron chi connectivity index (χ0n) is 14.4. The lowest BCUT2D eigenvalue weighted by Gasteiger charge is -2.05. The van der Waals surface area contributed by atoms with Crippen molar-refractivity contribution in [2.75, 3.05) is 13.2 Å². The van der Waals surface area contributed by atoms with Crippen molar-refractivity contribution in [3.05, 3.63) is 57.9 Å². The SMILES string of the molecule is CCOC(=O)c1c(C)[nH]c(C(=O)OCC(=O)c2ccc(F)c(F)c2)c1C. The van der Waals surface area contributed by atoms with Gasteiger partial charge in [0.05, 0.1) is 12.2 Å². The molecule has 0 spiro atoms. The number of H-pyrrole nitrogens is 1. The minimum absolute atomic E-state index is 0.0173. The average molecular weight is 365 g/mol. The molecule has 0 fully saturated rings. The molecule has 0 atom stereocenters. The summed E-state index contributed by atoms with van der Waals surface area (Å²) in [6.45, 7) is 4.34. The smallest absolute Gasteiger partial charge is 0.355 e. The van der Waals surface area contributed by atoms with Gasteiger partial charge in [-0.25, -0.2) is 18.4 Å². The van der Waals surface area contributed by atoms with Crippen LogP contribution in [-0.4, -0.2) is 35.9 Å². The Morgan fingerprint density at radius 3 is 2.35 bits per heavy atom. The van der Waals surface area contributed by atoms with E-state index in [1.165, 1.54) is 0 Å². The molecule has 0 aliphatic rings. The number of carbonyl (C=O) groups excluding carboxylic acids is 3. The van der Waals surface area contributed by atoms with Gasteiger partial charge in [0.25, 0.3) is 0 Å². The molecule has 2 aromatic rings. The van der Waals surface area contributed by atoms with Gasteiger partial charge in [-0.15, -0.1) is 0 Å². The zero-order valence-corrected chi connectivity index (χ0v) is 14.4. The van der Waals surface area contributed by atoms with E-state index < -0.39 is 36.0 Å². The molecule has 1 aromatic heterocycles. The fourth-order valence-corrected chi connectivity index (χ4v) is 2.42. The molecule has 0 radical (unpaired) electrons. The van der Waals surface area contributed by atoms with Gasteiger partial charge in [-0.3, -0.25) is 4.79 Å². The second-order valence-electron chi connectivity index (χ2n) is 5.47. The summed E-state index contributed by atoms with van der Waals surface area (Å²) in [5.41, 5.74) is 0.892. The number of halogens is 2. The molecule has 0 bridgehead atoms. The van der Waals surface area contributed by atoms with Crippen LogP contribution in [0, 0.1) is 25.5 Å². The summed E-state index contributed by atoms with van der Waals surface area (Å²) in [6.07, 6.45) is 0. The molecule has 138 valence electrons. The summed E-state index contributed by atoms with van der Waals surface area (Å²) in [4.78, 5) is 38.8. The molecule has 0 aliphatic carbocycles. The van der Waals surface area contributed by atoms with Gasteiger partial charge in [-0.2, -0.15) is 0 Å². The number of hydrogen-bond acceptors (Lipinski definition) is 5. The summed E-state index contributed by atoms with van der Waals surface area (Å²) < 4.78 is 35.9. The van der Waals surface area contributed by atoms with E-state index in [4.69, 9.17) is 9.47 Å². The van der Waals surface area contributed by atoms with Gasteiger partial charge in [0.2, 0.25) is 0 Å². The number of esters is 2. The van der Waals surface area contributed by atoms with Gasteiger partial charge in [0.1, 0.15) is 5.69 Å². The van der Waals surface area contributed by atoms with Gasteiger partial charge in [0.15, 0.2) is 24.0 Å². The Kier molecular flexibility index (Phi) is 5.86. The van der Waals surface area contributed by atoms with Crippen LogP contribution in [0.5, 0.6) is 0 Å². The number of ether oxygens (including phenoxy) is 2. The monoisotopic (exact) mass is 365 g/mol. The maximum atomic E-state index is 13.2. The predicted molar refractivity (Wildman–Crippen MR) is 87.2 cm³/mol. The Balaban J connectivity index is 2.10. The number of ketones is 1. The molecule has 0 saturated heterocycles. The Bertz CT molecular complexity index is 873. The highest BCUT2D eigenvalue weighted by Gasteiger charge is 2.24. The molecule has 6 nitrogen and oxygen atoms in total. The van der Waals surface area contributed by atoms with Crippen LogP contribution in [0.25, 0.3) is 0 Å². The maximum Gasteiger partial charge on any atom is 0.355 e. The molecular formula is C18H17F2NO5. The first kappa shape index (κ1) is 19.3. The lowest BCUT2D eigenvalue weighted by molar-refractivity contribution is 0.0468. The Morgan fingerprint density at radius 1 is 1.04 bits per heavy atom. The van der Waals surface area contributed by atoms with Crippen molar-refractivity contribution in [1.29, 1.82) is 0 Å². The summed E-state index contributed by atoms with van der Waals surface area (Å²) in [6, 6.07) is 2.64. The van der Waals surface area contributed by atoms with Crippen molar-refractivity contribution in [2.24, 2.45) is 0 Å². The predicted octanol–water partition coefficient (Wildman–Crippen LogP) is 3.13. The zero-order chi connectivity index (χ0) is 19.4. The van der Waals surface area contributed by atoms with Gasteiger partial charge < -0.3 is 14.5 Å². The van der Waals surface area contributed by atoms with Crippen LogP contribution in [0.2, 0.25) is 0 Å². The van der Waals surface area contributed by atoms with Gasteiger partial charge in [-0.05, 0) is 44.5 Å². The van der Waals surface area contributed by atoms with E-state index in [1.54, 1.807) is 20.8 Å². The number of Topliss-reactive ketones (excluding diaryl/α,β-unsaturated/α-hetero) is 1. The van der Waals surface area contributed by atoms with Crippen molar-refractivity contribution in [3.63, 3.8) is 0 Å². The number of aryl methyl sites for hydroxylation is 1. The van der Waals surface area contributed by atoms with Crippen LogP contribution < -0.4 is 0 Å². The second kappa shape index (κ2) is 7.90. The topological polar surface area (TPSA) is 85.5 Å². The molecule has 1 aromatic carbocycles. The summed E-state index contributed by atoms with van der Waals surface area (Å²) in [5.74, 6) is -4.36. The number of aromatic amines is 1. The molecule has 8 heteroatoms. The molecule has 2 rings (SSSR count). The molecule has 1 heterocycles. The number of hydrogen-bond donors (Lipinski definition) is 1. The highest BCUT2D eigenvalue weighted by molar-refractivity contribution is 6.01. The number of benzene rings is 1. The molecule has 0 saturated carbocycles. The lowest BCUT2D eigenvalue weighted by Crippen LogP contribution is -2.16. The highest BCUT2D eigenvalue weighted by Crippen LogP contribution is 2.20. The van der Waals surface area contributed by atoms with E-state index in [0.717, 1.165) is 18.2 Å². The lowest BCUT2D eigenvalue weighted by atomic mass is 10.1. The Labute approximate surface area is 148 Å². The van der Waals surface area contributed by atoms with Crippen LogP contribution in [-0.2, 0) is 9.47 Å². The average Bonchev–Trinajstić information content (AvgIpc) is 2.89. The second-order valence-corrected chi connectivity index (χ2v) is 5.47. The molecule has 0 amide bonds. The van der Waals surface area contributed by atoms with E-state index in [1.807, 2.05) is 0 Å². The van der Waals surface area contributed by atoms with Crippen molar-refractivity contribution >= 4 is 17.7 Å². The highest BCUT2D eigenvalue weighted by atomic mass is 19.2. The maximum absolute atomic E-state index is 13.2. The normalized spacial score (nSPS) is 10.5. The first-order chi connectivity index (χ1) is 12.3. The first-order valence-corrected chi connectivity index (χ1v) is 7.77. The largest absolute Gasteiger partial charge is 0.462 e. The van der Waals surface area contributed by atoms with Crippen molar-refractivity contribution < 1.29 is 32.6 Å². The van der Waals surface area contributed by atoms with E-state index in [-0.39, 0.29) is 23.4 Å². The van der Waals surface area contributed by atoms with Crippen LogP contribution in [0.1, 0.15) is 49.4 Å². The van der Waals surface area contributed by atoms with Crippen molar-refractivity contribution in [1.82, 2.24) is 4.98 Å². The standard InChI is InChI=1S/C18H17F2NO5/c1-4-25-17(23)15-9(2)16(21-10(15)3)18(24)26-8-14(22)11-5-6-12(19)13(20)7-11/h5-7,21H,4,8H2,1-3H3. The van der Waals surface area contributed by atoms with Crippen molar-refractivity contribution in [2.45, 2.75) is 20.8 Å². The molecule has 0 aliphatic heterocycles. The van der Waals surface area contributed by atoms with E-state index in [9.17, 15) is 23.2 Å². The fraction of sp³-hybridized carbons (Fsp3) is 0.278. The Hall–Kier alpha value is -3.03. The van der Waals surface area contributed by atoms with Crippen LogP contribution in [0.15, 0.2) is 18.2 Å². The fourth-order valence-electron chi connectivity index (χ4n) is 2.42. The van der Waals surface area contributed by atoms with E-state index >= 15 is 0 Å². The summed E-state index contributed by atoms with van der Waals surface area (Å²) in [7, 11) is 0. The summed E-state index contributed by atoms with van der Waals surface area (Å²) >= 11 is 0. The van der Waals surface area contributed by atoms with Crippen molar-refractivity contribution in [3.8, 4) is 0 Å². The molecule has 1 N–H and O–H groups in total. The van der Waals surface area contributed by atoms with E-state index in [2.05, 4.69) is 4.98 Å². The van der Waals surface area contributed by atoms with Crippen LogP contribution in [0.4, 0.5) is 8.78 Å². The molecular weight excluding hydrogens is 348 g/mol. The van der Waals surface area contributed by atoms with Gasteiger partial charge in [-0.1, -0.05) is 0 Å². The molecule has 26 heavy (non-hydrogen) atoms. The number of carbonyl (C=O) groups is 3. The minimum atomic E-state index is -1.17. The number of nitrogens with one attached hydrogen (secondary N) is 1. The molecule has 0 unspecified atom stereocenters. The van der Waals surface area contributed by atoms with Crippen LogP contribution in [0.3, 0.4) is 0 Å². The first-order valence-electron chi connectivity index (χ1n) is 7.77. The summed E-state index contributed by atoms with van der Waals surface area (Å²) in [5, 5.41) is 0. The quantitative estimate of drug-likeness (QED) is 0.628. The number of aromatic nitrogens is 1. The van der Waals surface area contributed by atoms with E-state index in [0.29, 0.717) is 11.3 Å². The Morgan fingerprint density at radius 2 is 1.73 bits per heavy atom.